The van der Waals surface area contributed by atoms with E-state index in [4.69, 9.17) is 4.74 Å². The van der Waals surface area contributed by atoms with Crippen LogP contribution in [0.5, 0.6) is 5.75 Å². The highest BCUT2D eigenvalue weighted by atomic mass is 32.2. The van der Waals surface area contributed by atoms with E-state index in [0.29, 0.717) is 0 Å². The van der Waals surface area contributed by atoms with Crippen LogP contribution in [0, 0.1) is 5.92 Å². The van der Waals surface area contributed by atoms with Crippen molar-refractivity contribution in [2.75, 3.05) is 21.2 Å². The molecule has 22 heavy (non-hydrogen) atoms. The van der Waals surface area contributed by atoms with Crippen LogP contribution in [0.1, 0.15) is 31.1 Å². The van der Waals surface area contributed by atoms with Gasteiger partial charge in [0.1, 0.15) is 10.6 Å². The van der Waals surface area contributed by atoms with Crippen molar-refractivity contribution >= 4 is 15.9 Å². The second-order valence-corrected chi connectivity index (χ2v) is 7.78. The molecule has 1 atom stereocenters. The van der Waals surface area contributed by atoms with Gasteiger partial charge in [0.05, 0.1) is 7.11 Å². The first kappa shape index (κ1) is 18.4. The summed E-state index contributed by atoms with van der Waals surface area (Å²) >= 11 is 0. The monoisotopic (exact) mass is 328 g/mol. The Kier molecular flexibility index (Phi) is 5.96. The van der Waals surface area contributed by atoms with Crippen LogP contribution in [0.2, 0.25) is 0 Å². The van der Waals surface area contributed by atoms with Crippen LogP contribution in [0.25, 0.3) is 0 Å². The standard InChI is InChI=1S/C15H24N2O4S/c1-10(2)11(3)16-15(18)12-7-8-13(21-6)14(9-12)22(19,20)17(4)5/h7-11H,1-6H3,(H,16,18)/t11-/m0/s1. The van der Waals surface area contributed by atoms with E-state index in [1.807, 2.05) is 20.8 Å². The Morgan fingerprint density at radius 3 is 2.27 bits per heavy atom. The predicted molar refractivity (Wildman–Crippen MR) is 85.6 cm³/mol. The molecule has 0 aromatic heterocycles. The van der Waals surface area contributed by atoms with Gasteiger partial charge in [-0.15, -0.1) is 0 Å². The Morgan fingerprint density at radius 2 is 1.82 bits per heavy atom. The van der Waals surface area contributed by atoms with Crippen LogP contribution in [-0.4, -0.2) is 45.9 Å². The second-order valence-electron chi connectivity index (χ2n) is 5.66. The lowest BCUT2D eigenvalue weighted by Gasteiger charge is -2.19. The quantitative estimate of drug-likeness (QED) is 0.863. The van der Waals surface area contributed by atoms with E-state index in [0.717, 1.165) is 4.31 Å². The summed E-state index contributed by atoms with van der Waals surface area (Å²) in [5.74, 6) is 0.188. The number of methoxy groups -OCH3 is 1. The lowest BCUT2D eigenvalue weighted by molar-refractivity contribution is 0.0930. The Balaban J connectivity index is 3.24. The number of ether oxygens (including phenoxy) is 1. The number of carbonyl (C=O) groups excluding carboxylic acids is 1. The van der Waals surface area contributed by atoms with Gasteiger partial charge in [0.2, 0.25) is 10.0 Å². The number of nitrogens with zero attached hydrogens (tertiary/aromatic N) is 1. The minimum absolute atomic E-state index is 0.0106. The van der Waals surface area contributed by atoms with Crippen LogP contribution in [0.15, 0.2) is 23.1 Å². The summed E-state index contributed by atoms with van der Waals surface area (Å²) in [6, 6.07) is 4.38. The molecule has 6 nitrogen and oxygen atoms in total. The third-order valence-electron chi connectivity index (χ3n) is 3.54. The van der Waals surface area contributed by atoms with Gasteiger partial charge in [0.25, 0.3) is 5.91 Å². The van der Waals surface area contributed by atoms with Gasteiger partial charge in [-0.1, -0.05) is 13.8 Å². The SMILES string of the molecule is COc1ccc(C(=O)N[C@@H](C)C(C)C)cc1S(=O)(=O)N(C)C. The molecule has 0 radical (unpaired) electrons. The third-order valence-corrected chi connectivity index (χ3v) is 5.38. The second kappa shape index (κ2) is 7.11. The molecule has 1 amide bonds. The molecule has 0 unspecified atom stereocenters. The fourth-order valence-corrected chi connectivity index (χ4v) is 2.75. The number of amides is 1. The summed E-state index contributed by atoms with van der Waals surface area (Å²) in [5, 5.41) is 2.85. The molecule has 0 saturated heterocycles. The smallest absolute Gasteiger partial charge is 0.251 e. The van der Waals surface area contributed by atoms with Crippen LogP contribution >= 0.6 is 0 Å². The van der Waals surface area contributed by atoms with Crippen molar-refractivity contribution < 1.29 is 17.9 Å². The molecule has 0 saturated carbocycles. The molecule has 1 N–H and O–H groups in total. The fraction of sp³-hybridized carbons (Fsp3) is 0.533. The maximum atomic E-state index is 12.3. The summed E-state index contributed by atoms with van der Waals surface area (Å²) in [6.45, 7) is 5.91. The molecule has 7 heteroatoms. The van der Waals surface area contributed by atoms with Gasteiger partial charge in [-0.3, -0.25) is 4.79 Å². The van der Waals surface area contributed by atoms with Crippen molar-refractivity contribution in [2.24, 2.45) is 5.92 Å². The first-order valence-corrected chi connectivity index (χ1v) is 8.46. The molecule has 1 rings (SSSR count). The molecular weight excluding hydrogens is 304 g/mol. The van der Waals surface area contributed by atoms with E-state index in [2.05, 4.69) is 5.32 Å². The van der Waals surface area contributed by atoms with E-state index < -0.39 is 10.0 Å². The van der Waals surface area contributed by atoms with Crippen LogP contribution in [0.3, 0.4) is 0 Å². The largest absolute Gasteiger partial charge is 0.495 e. The highest BCUT2D eigenvalue weighted by Gasteiger charge is 2.24. The lowest BCUT2D eigenvalue weighted by atomic mass is 10.1. The molecule has 1 aromatic rings. The van der Waals surface area contributed by atoms with Crippen molar-refractivity contribution in [3.8, 4) is 5.75 Å². The molecular formula is C15H24N2O4S. The van der Waals surface area contributed by atoms with Gasteiger partial charge in [-0.05, 0) is 31.0 Å². The zero-order valence-electron chi connectivity index (χ0n) is 13.9. The van der Waals surface area contributed by atoms with Crippen molar-refractivity contribution in [2.45, 2.75) is 31.7 Å². The number of sulfonamides is 1. The summed E-state index contributed by atoms with van der Waals surface area (Å²) in [6.07, 6.45) is 0. The van der Waals surface area contributed by atoms with Gasteiger partial charge < -0.3 is 10.1 Å². The molecule has 0 bridgehead atoms. The minimum atomic E-state index is -3.69. The molecule has 0 aliphatic rings. The Labute approximate surface area is 132 Å². The van der Waals surface area contributed by atoms with Gasteiger partial charge in [-0.2, -0.15) is 0 Å². The highest BCUT2D eigenvalue weighted by Crippen LogP contribution is 2.27. The topological polar surface area (TPSA) is 75.7 Å². The van der Waals surface area contributed by atoms with Gasteiger partial charge in [0, 0.05) is 25.7 Å². The average molecular weight is 328 g/mol. The summed E-state index contributed by atoms with van der Waals surface area (Å²) in [4.78, 5) is 12.2. The number of hydrogen-bond donors (Lipinski definition) is 1. The van der Waals surface area contributed by atoms with E-state index in [9.17, 15) is 13.2 Å². The maximum absolute atomic E-state index is 12.3. The van der Waals surface area contributed by atoms with Crippen molar-refractivity contribution in [3.05, 3.63) is 23.8 Å². The molecule has 0 aliphatic heterocycles. The molecule has 1 aromatic carbocycles. The first-order chi connectivity index (χ1) is 10.1. The first-order valence-electron chi connectivity index (χ1n) is 7.02. The maximum Gasteiger partial charge on any atom is 0.251 e. The summed E-state index contributed by atoms with van der Waals surface area (Å²) in [7, 11) is 0.567. The summed E-state index contributed by atoms with van der Waals surface area (Å²) in [5.41, 5.74) is 0.286. The van der Waals surface area contributed by atoms with E-state index in [-0.39, 0.29) is 34.1 Å². The highest BCUT2D eigenvalue weighted by molar-refractivity contribution is 7.89. The van der Waals surface area contributed by atoms with Crippen LogP contribution < -0.4 is 10.1 Å². The molecule has 0 spiro atoms. The zero-order chi connectivity index (χ0) is 17.1. The minimum Gasteiger partial charge on any atom is -0.495 e. The Morgan fingerprint density at radius 1 is 1.23 bits per heavy atom. The number of carbonyl (C=O) groups is 1. The van der Waals surface area contributed by atoms with Gasteiger partial charge in [0.15, 0.2) is 0 Å². The van der Waals surface area contributed by atoms with Crippen molar-refractivity contribution in [1.29, 1.82) is 0 Å². The van der Waals surface area contributed by atoms with Crippen molar-refractivity contribution in [1.82, 2.24) is 9.62 Å². The predicted octanol–water partition coefficient (Wildman–Crippen LogP) is 1.72. The van der Waals surface area contributed by atoms with Crippen LogP contribution in [0.4, 0.5) is 0 Å². The Hall–Kier alpha value is -1.60. The fourth-order valence-electron chi connectivity index (χ4n) is 1.67. The van der Waals surface area contributed by atoms with Crippen molar-refractivity contribution in [3.63, 3.8) is 0 Å². The number of nitrogens with one attached hydrogen (secondary N) is 1. The molecule has 0 aliphatic carbocycles. The molecule has 124 valence electrons. The normalized spacial score (nSPS) is 13.3. The number of rotatable bonds is 6. The van der Waals surface area contributed by atoms with E-state index >= 15 is 0 Å². The van der Waals surface area contributed by atoms with Crippen LogP contribution in [-0.2, 0) is 10.0 Å². The zero-order valence-corrected chi connectivity index (χ0v) is 14.7. The van der Waals surface area contributed by atoms with E-state index in [1.165, 1.54) is 33.3 Å². The Bertz CT molecular complexity index is 639. The lowest BCUT2D eigenvalue weighted by Crippen LogP contribution is -2.36. The molecule has 0 fully saturated rings. The van der Waals surface area contributed by atoms with Gasteiger partial charge >= 0.3 is 0 Å². The van der Waals surface area contributed by atoms with E-state index in [1.54, 1.807) is 6.07 Å². The van der Waals surface area contributed by atoms with Gasteiger partial charge in [-0.25, -0.2) is 12.7 Å². The number of hydrogen-bond acceptors (Lipinski definition) is 4. The third kappa shape index (κ3) is 3.98. The molecule has 0 heterocycles. The number of benzene rings is 1. The average Bonchev–Trinajstić information content (AvgIpc) is 2.45. The summed E-state index contributed by atoms with van der Waals surface area (Å²) < 4.78 is 30.8.